The summed E-state index contributed by atoms with van der Waals surface area (Å²) in [6, 6.07) is 12.2. The topological polar surface area (TPSA) is 57.4 Å². The third-order valence-electron chi connectivity index (χ3n) is 7.52. The molecule has 172 valence electrons. The molecule has 0 amide bonds. The number of fused-ring (bicyclic) bond motifs is 5. The molecule has 5 nitrogen and oxygen atoms in total. The number of hydrogen-bond acceptors (Lipinski definition) is 4. The van der Waals surface area contributed by atoms with Crippen molar-refractivity contribution in [3.05, 3.63) is 70.9 Å². The standard InChI is InChI=1S/C26H27F2N3O2/c1-33-26(32)24-13-18-17-4-2-3-5-21(17)30-25(18)23-12-16(29-15-7-8-15)11-22(31(23)24)14-6-9-19(27)20(28)10-14/h2-6,9-10,15-16,22-24,29-30H,7-8,11-13H2,1H3/t16-,22+,23-,24+/m1/s1. The van der Waals surface area contributed by atoms with Gasteiger partial charge in [-0.1, -0.05) is 24.3 Å². The second-order valence-corrected chi connectivity index (χ2v) is 9.57. The van der Waals surface area contributed by atoms with Gasteiger partial charge in [0.25, 0.3) is 0 Å². The number of halogens is 2. The minimum Gasteiger partial charge on any atom is -0.468 e. The summed E-state index contributed by atoms with van der Waals surface area (Å²) >= 11 is 0. The lowest BCUT2D eigenvalue weighted by Crippen LogP contribution is -2.55. The van der Waals surface area contributed by atoms with E-state index in [-0.39, 0.29) is 24.1 Å². The highest BCUT2D eigenvalue weighted by Gasteiger charge is 2.48. The number of carbonyl (C=O) groups is 1. The molecule has 2 aliphatic heterocycles. The SMILES string of the molecule is COC(=O)[C@@H]1Cc2c([nH]c3ccccc23)[C@H]2C[C@H](NC3CC3)C[C@@H](c3ccc(F)c(F)c3)N21. The van der Waals surface area contributed by atoms with Crippen molar-refractivity contribution in [3.8, 4) is 0 Å². The molecular formula is C26H27F2N3O2. The van der Waals surface area contributed by atoms with Crippen LogP contribution in [0.4, 0.5) is 8.78 Å². The molecule has 33 heavy (non-hydrogen) atoms. The fourth-order valence-electron chi connectivity index (χ4n) is 5.91. The van der Waals surface area contributed by atoms with E-state index in [1.807, 2.05) is 12.1 Å². The molecular weight excluding hydrogens is 424 g/mol. The van der Waals surface area contributed by atoms with E-state index in [0.717, 1.165) is 35.0 Å². The molecule has 1 saturated heterocycles. The van der Waals surface area contributed by atoms with E-state index in [4.69, 9.17) is 4.74 Å². The number of benzene rings is 2. The summed E-state index contributed by atoms with van der Waals surface area (Å²) in [5.41, 5.74) is 4.01. The molecule has 0 radical (unpaired) electrons. The van der Waals surface area contributed by atoms with Crippen molar-refractivity contribution in [3.63, 3.8) is 0 Å². The highest BCUT2D eigenvalue weighted by atomic mass is 19.2. The summed E-state index contributed by atoms with van der Waals surface area (Å²) in [4.78, 5) is 18.8. The van der Waals surface area contributed by atoms with Gasteiger partial charge in [0, 0.05) is 41.1 Å². The van der Waals surface area contributed by atoms with Crippen molar-refractivity contribution in [2.24, 2.45) is 0 Å². The van der Waals surface area contributed by atoms with E-state index in [2.05, 4.69) is 27.3 Å². The molecule has 2 aromatic carbocycles. The van der Waals surface area contributed by atoms with Crippen molar-refractivity contribution in [1.82, 2.24) is 15.2 Å². The Labute approximate surface area is 191 Å². The number of carbonyl (C=O) groups excluding carboxylic acids is 1. The number of piperidine rings is 1. The van der Waals surface area contributed by atoms with Crippen molar-refractivity contribution >= 4 is 16.9 Å². The largest absolute Gasteiger partial charge is 0.468 e. The maximum atomic E-state index is 14.3. The highest BCUT2D eigenvalue weighted by Crippen LogP contribution is 2.49. The summed E-state index contributed by atoms with van der Waals surface area (Å²) in [7, 11) is 1.41. The Morgan fingerprint density at radius 1 is 1.06 bits per heavy atom. The van der Waals surface area contributed by atoms with Crippen LogP contribution in [0.3, 0.4) is 0 Å². The van der Waals surface area contributed by atoms with Gasteiger partial charge in [0.05, 0.1) is 13.2 Å². The van der Waals surface area contributed by atoms with Gasteiger partial charge in [0.1, 0.15) is 6.04 Å². The number of rotatable bonds is 4. The zero-order chi connectivity index (χ0) is 22.7. The molecule has 3 heterocycles. The lowest BCUT2D eigenvalue weighted by Gasteiger charge is -2.50. The second-order valence-electron chi connectivity index (χ2n) is 9.57. The molecule has 2 fully saturated rings. The number of aromatic amines is 1. The molecule has 6 rings (SSSR count). The molecule has 2 N–H and O–H groups in total. The predicted molar refractivity (Wildman–Crippen MR) is 121 cm³/mol. The fraction of sp³-hybridized carbons (Fsp3) is 0.423. The van der Waals surface area contributed by atoms with E-state index in [9.17, 15) is 13.6 Å². The average Bonchev–Trinajstić information content (AvgIpc) is 3.56. The van der Waals surface area contributed by atoms with Gasteiger partial charge in [0.2, 0.25) is 0 Å². The van der Waals surface area contributed by atoms with Crippen LogP contribution in [0.1, 0.15) is 54.6 Å². The summed E-state index contributed by atoms with van der Waals surface area (Å²) < 4.78 is 33.2. The van der Waals surface area contributed by atoms with E-state index in [1.54, 1.807) is 6.07 Å². The van der Waals surface area contributed by atoms with Crippen LogP contribution in [-0.2, 0) is 16.0 Å². The van der Waals surface area contributed by atoms with Gasteiger partial charge in [0.15, 0.2) is 11.6 Å². The molecule has 0 unspecified atom stereocenters. The number of nitrogens with one attached hydrogen (secondary N) is 2. The molecule has 1 aliphatic carbocycles. The van der Waals surface area contributed by atoms with Gasteiger partial charge in [-0.25, -0.2) is 8.78 Å². The fourth-order valence-corrected chi connectivity index (χ4v) is 5.91. The Balaban J connectivity index is 1.49. The molecule has 4 atom stereocenters. The van der Waals surface area contributed by atoms with Gasteiger partial charge in [-0.15, -0.1) is 0 Å². The monoisotopic (exact) mass is 451 g/mol. The lowest BCUT2D eigenvalue weighted by atomic mass is 9.79. The minimum atomic E-state index is -0.862. The summed E-state index contributed by atoms with van der Waals surface area (Å²) in [5.74, 6) is -2.02. The van der Waals surface area contributed by atoms with Gasteiger partial charge in [-0.3, -0.25) is 9.69 Å². The van der Waals surface area contributed by atoms with Gasteiger partial charge in [-0.2, -0.15) is 0 Å². The van der Waals surface area contributed by atoms with Crippen LogP contribution >= 0.6 is 0 Å². The predicted octanol–water partition coefficient (Wildman–Crippen LogP) is 4.54. The van der Waals surface area contributed by atoms with E-state index in [1.165, 1.54) is 32.1 Å². The quantitative estimate of drug-likeness (QED) is 0.572. The summed E-state index contributed by atoms with van der Waals surface area (Å²) in [6.07, 6.45) is 4.42. The Morgan fingerprint density at radius 3 is 2.61 bits per heavy atom. The number of ether oxygens (including phenoxy) is 1. The van der Waals surface area contributed by atoms with Gasteiger partial charge in [-0.05, 0) is 55.0 Å². The van der Waals surface area contributed by atoms with E-state index in [0.29, 0.717) is 18.0 Å². The maximum Gasteiger partial charge on any atom is 0.323 e. The summed E-state index contributed by atoms with van der Waals surface area (Å²) in [6.45, 7) is 0. The van der Waals surface area contributed by atoms with Crippen LogP contribution in [0.15, 0.2) is 42.5 Å². The third-order valence-corrected chi connectivity index (χ3v) is 7.52. The van der Waals surface area contributed by atoms with Crippen LogP contribution in [-0.4, -0.2) is 41.1 Å². The molecule has 0 bridgehead atoms. The second kappa shape index (κ2) is 7.92. The Hall–Kier alpha value is -2.77. The molecule has 1 aromatic heterocycles. The molecule has 0 spiro atoms. The van der Waals surface area contributed by atoms with Crippen molar-refractivity contribution in [2.45, 2.75) is 62.3 Å². The first-order chi connectivity index (χ1) is 16.0. The zero-order valence-corrected chi connectivity index (χ0v) is 18.5. The number of esters is 1. The average molecular weight is 452 g/mol. The molecule has 3 aromatic rings. The lowest BCUT2D eigenvalue weighted by molar-refractivity contribution is -0.152. The zero-order valence-electron chi connectivity index (χ0n) is 18.5. The number of nitrogens with zero attached hydrogens (tertiary/aromatic N) is 1. The van der Waals surface area contributed by atoms with Crippen molar-refractivity contribution in [2.75, 3.05) is 7.11 Å². The van der Waals surface area contributed by atoms with Crippen LogP contribution < -0.4 is 5.32 Å². The van der Waals surface area contributed by atoms with Crippen molar-refractivity contribution in [1.29, 1.82) is 0 Å². The summed E-state index contributed by atoms with van der Waals surface area (Å²) in [5, 5.41) is 4.88. The molecule has 1 saturated carbocycles. The first kappa shape index (κ1) is 20.8. The number of methoxy groups -OCH3 is 1. The maximum absolute atomic E-state index is 14.3. The van der Waals surface area contributed by atoms with Gasteiger partial charge < -0.3 is 15.0 Å². The van der Waals surface area contributed by atoms with E-state index < -0.39 is 17.7 Å². The number of aromatic nitrogens is 1. The van der Waals surface area contributed by atoms with Crippen LogP contribution in [0.2, 0.25) is 0 Å². The molecule has 3 aliphatic rings. The Kier molecular flexibility index (Phi) is 4.99. The smallest absolute Gasteiger partial charge is 0.323 e. The van der Waals surface area contributed by atoms with Crippen LogP contribution in [0.5, 0.6) is 0 Å². The Bertz CT molecular complexity index is 1220. The Morgan fingerprint density at radius 2 is 1.85 bits per heavy atom. The normalized spacial score (nSPS) is 27.2. The highest BCUT2D eigenvalue weighted by molar-refractivity contribution is 5.87. The number of para-hydroxylation sites is 1. The van der Waals surface area contributed by atoms with Crippen molar-refractivity contribution < 1.29 is 18.3 Å². The first-order valence-corrected chi connectivity index (χ1v) is 11.7. The van der Waals surface area contributed by atoms with Crippen LogP contribution in [0.25, 0.3) is 10.9 Å². The number of H-pyrrole nitrogens is 1. The van der Waals surface area contributed by atoms with E-state index >= 15 is 0 Å². The number of hydrogen-bond donors (Lipinski definition) is 2. The van der Waals surface area contributed by atoms with Gasteiger partial charge >= 0.3 is 5.97 Å². The first-order valence-electron chi connectivity index (χ1n) is 11.7. The minimum absolute atomic E-state index is 0.0617. The third kappa shape index (κ3) is 3.54. The molecule has 7 heteroatoms. The van der Waals surface area contributed by atoms with Crippen LogP contribution in [0, 0.1) is 11.6 Å².